The number of aromatic nitrogens is 2. The van der Waals surface area contributed by atoms with E-state index in [-0.39, 0.29) is 0 Å². The molecule has 14 heavy (non-hydrogen) atoms. The fourth-order valence-corrected chi connectivity index (χ4v) is 1.95. The van der Waals surface area contributed by atoms with Gasteiger partial charge < -0.3 is 15.4 Å². The summed E-state index contributed by atoms with van der Waals surface area (Å²) in [7, 11) is 0. The number of piperidine rings is 1. The Morgan fingerprint density at radius 3 is 3.07 bits per heavy atom. The van der Waals surface area contributed by atoms with Gasteiger partial charge in [-0.15, -0.1) is 0 Å². The van der Waals surface area contributed by atoms with E-state index in [2.05, 4.69) is 15.3 Å². The van der Waals surface area contributed by atoms with E-state index in [1.165, 1.54) is 0 Å². The molecule has 2 unspecified atom stereocenters. The van der Waals surface area contributed by atoms with E-state index < -0.39 is 6.10 Å². The van der Waals surface area contributed by atoms with Crippen LogP contribution in [0.3, 0.4) is 0 Å². The van der Waals surface area contributed by atoms with Crippen LogP contribution in [0.2, 0.25) is 0 Å². The van der Waals surface area contributed by atoms with Gasteiger partial charge in [-0.1, -0.05) is 0 Å². The van der Waals surface area contributed by atoms with Gasteiger partial charge in [-0.3, -0.25) is 0 Å². The van der Waals surface area contributed by atoms with E-state index in [9.17, 15) is 5.11 Å². The minimum atomic E-state index is -0.448. The number of hydrogen-bond donors (Lipinski definition) is 3. The van der Waals surface area contributed by atoms with Gasteiger partial charge in [0.05, 0.1) is 0 Å². The molecule has 0 spiro atoms. The van der Waals surface area contributed by atoms with Crippen LogP contribution in [0.5, 0.6) is 0 Å². The fourth-order valence-electron chi connectivity index (χ4n) is 1.95. The predicted octanol–water partition coefficient (Wildman–Crippen LogP) is 0.751. The lowest BCUT2D eigenvalue weighted by atomic mass is 9.93. The van der Waals surface area contributed by atoms with Gasteiger partial charge in [0.1, 0.15) is 11.9 Å². The smallest absolute Gasteiger partial charge is 0.135 e. The molecule has 1 fully saturated rings. The fraction of sp³-hybridized carbons (Fsp3) is 0.700. The van der Waals surface area contributed by atoms with Gasteiger partial charge in [-0.25, -0.2) is 4.98 Å². The maximum Gasteiger partial charge on any atom is 0.135 e. The van der Waals surface area contributed by atoms with E-state index in [4.69, 9.17) is 0 Å². The second kappa shape index (κ2) is 4.11. The Labute approximate surface area is 83.8 Å². The van der Waals surface area contributed by atoms with Gasteiger partial charge in [-0.05, 0) is 26.3 Å². The van der Waals surface area contributed by atoms with Crippen molar-refractivity contribution in [1.82, 2.24) is 15.3 Å². The number of imidazole rings is 1. The second-order valence-electron chi connectivity index (χ2n) is 4.00. The van der Waals surface area contributed by atoms with Gasteiger partial charge in [-0.2, -0.15) is 0 Å². The van der Waals surface area contributed by atoms with E-state index in [1.54, 1.807) is 6.20 Å². The van der Waals surface area contributed by atoms with E-state index in [1.807, 2.05) is 6.92 Å². The average Bonchev–Trinajstić information content (AvgIpc) is 2.65. The number of nitrogens with zero attached hydrogens (tertiary/aromatic N) is 1. The number of hydrogen-bond acceptors (Lipinski definition) is 3. The lowest BCUT2D eigenvalue weighted by Crippen LogP contribution is -2.33. The molecule has 0 aliphatic carbocycles. The van der Waals surface area contributed by atoms with Crippen molar-refractivity contribution in [2.45, 2.75) is 25.9 Å². The molecule has 0 radical (unpaired) electrons. The minimum Gasteiger partial charge on any atom is -0.385 e. The van der Waals surface area contributed by atoms with Crippen molar-refractivity contribution in [3.63, 3.8) is 0 Å². The molecule has 1 aromatic rings. The van der Waals surface area contributed by atoms with Crippen LogP contribution in [-0.2, 0) is 0 Å². The van der Waals surface area contributed by atoms with Gasteiger partial charge in [0.2, 0.25) is 0 Å². The summed E-state index contributed by atoms with van der Waals surface area (Å²) in [6.07, 6.45) is 3.53. The summed E-state index contributed by atoms with van der Waals surface area (Å²) >= 11 is 0. The lowest BCUT2D eigenvalue weighted by molar-refractivity contribution is 0.0849. The summed E-state index contributed by atoms with van der Waals surface area (Å²) in [6.45, 7) is 3.91. The highest BCUT2D eigenvalue weighted by Crippen LogP contribution is 2.24. The SMILES string of the molecule is Cc1cnc(C(O)C2CCCNC2)[nH]1. The molecule has 0 bridgehead atoms. The van der Waals surface area contributed by atoms with Crippen molar-refractivity contribution in [3.8, 4) is 0 Å². The first-order valence-electron chi connectivity index (χ1n) is 5.17. The van der Waals surface area contributed by atoms with Crippen LogP contribution >= 0.6 is 0 Å². The zero-order valence-corrected chi connectivity index (χ0v) is 8.45. The molecule has 4 heteroatoms. The summed E-state index contributed by atoms with van der Waals surface area (Å²) in [5.74, 6) is 1.01. The normalized spacial score (nSPS) is 24.9. The number of aryl methyl sites for hydroxylation is 1. The summed E-state index contributed by atoms with van der Waals surface area (Å²) in [6, 6.07) is 0. The molecule has 4 nitrogen and oxygen atoms in total. The molecular weight excluding hydrogens is 178 g/mol. The number of aromatic amines is 1. The van der Waals surface area contributed by atoms with E-state index >= 15 is 0 Å². The number of nitrogens with one attached hydrogen (secondary N) is 2. The summed E-state index contributed by atoms with van der Waals surface area (Å²) in [5.41, 5.74) is 1.00. The quantitative estimate of drug-likeness (QED) is 0.652. The summed E-state index contributed by atoms with van der Waals surface area (Å²) in [4.78, 5) is 7.24. The van der Waals surface area contributed by atoms with Gasteiger partial charge in [0, 0.05) is 24.4 Å². The Morgan fingerprint density at radius 1 is 1.64 bits per heavy atom. The molecule has 1 aliphatic rings. The van der Waals surface area contributed by atoms with Gasteiger partial charge in [0.25, 0.3) is 0 Å². The monoisotopic (exact) mass is 195 g/mol. The second-order valence-corrected chi connectivity index (χ2v) is 4.00. The molecule has 1 saturated heterocycles. The molecule has 3 N–H and O–H groups in total. The zero-order valence-electron chi connectivity index (χ0n) is 8.45. The van der Waals surface area contributed by atoms with Crippen LogP contribution in [0.1, 0.15) is 30.5 Å². The number of aliphatic hydroxyl groups is 1. The Morgan fingerprint density at radius 2 is 2.50 bits per heavy atom. The molecule has 0 amide bonds. The van der Waals surface area contributed by atoms with Crippen LogP contribution in [0.4, 0.5) is 0 Å². The van der Waals surface area contributed by atoms with E-state index in [0.717, 1.165) is 31.6 Å². The molecule has 0 saturated carbocycles. The Hall–Kier alpha value is -0.870. The Balaban J connectivity index is 2.03. The van der Waals surface area contributed by atoms with Gasteiger partial charge in [0.15, 0.2) is 0 Å². The van der Waals surface area contributed by atoms with Crippen LogP contribution < -0.4 is 5.32 Å². The van der Waals surface area contributed by atoms with Crippen LogP contribution in [0.25, 0.3) is 0 Å². The van der Waals surface area contributed by atoms with Crippen molar-refractivity contribution in [3.05, 3.63) is 17.7 Å². The van der Waals surface area contributed by atoms with Crippen molar-refractivity contribution < 1.29 is 5.11 Å². The number of rotatable bonds is 2. The Kier molecular flexibility index (Phi) is 2.84. The van der Waals surface area contributed by atoms with Crippen LogP contribution in [0, 0.1) is 12.8 Å². The highest BCUT2D eigenvalue weighted by molar-refractivity contribution is 5.02. The third kappa shape index (κ3) is 1.96. The predicted molar refractivity (Wildman–Crippen MR) is 53.9 cm³/mol. The molecule has 0 aromatic carbocycles. The van der Waals surface area contributed by atoms with Crippen molar-refractivity contribution in [1.29, 1.82) is 0 Å². The molecule has 1 aromatic heterocycles. The first kappa shape index (κ1) is 9.68. The highest BCUT2D eigenvalue weighted by atomic mass is 16.3. The molecule has 2 atom stereocenters. The first-order chi connectivity index (χ1) is 6.77. The number of H-pyrrole nitrogens is 1. The van der Waals surface area contributed by atoms with E-state index in [0.29, 0.717) is 11.7 Å². The minimum absolute atomic E-state index is 0.300. The molecule has 2 heterocycles. The average molecular weight is 195 g/mol. The third-order valence-electron chi connectivity index (χ3n) is 2.78. The van der Waals surface area contributed by atoms with Crippen LogP contribution in [0.15, 0.2) is 6.20 Å². The topological polar surface area (TPSA) is 60.9 Å². The molecular formula is C10H17N3O. The number of aliphatic hydroxyl groups excluding tert-OH is 1. The standard InChI is InChI=1S/C10H17N3O/c1-7-5-12-10(13-7)9(14)8-3-2-4-11-6-8/h5,8-9,11,14H,2-4,6H2,1H3,(H,12,13). The summed E-state index contributed by atoms with van der Waals surface area (Å²) in [5, 5.41) is 13.3. The van der Waals surface area contributed by atoms with Crippen molar-refractivity contribution in [2.75, 3.05) is 13.1 Å². The Bertz CT molecular complexity index is 291. The highest BCUT2D eigenvalue weighted by Gasteiger charge is 2.24. The molecule has 78 valence electrons. The largest absolute Gasteiger partial charge is 0.385 e. The maximum absolute atomic E-state index is 10.0. The zero-order chi connectivity index (χ0) is 9.97. The van der Waals surface area contributed by atoms with Gasteiger partial charge >= 0.3 is 0 Å². The lowest BCUT2D eigenvalue weighted by Gasteiger charge is -2.26. The molecule has 1 aliphatic heterocycles. The maximum atomic E-state index is 10.0. The summed E-state index contributed by atoms with van der Waals surface area (Å²) < 4.78 is 0. The van der Waals surface area contributed by atoms with Crippen molar-refractivity contribution in [2.24, 2.45) is 5.92 Å². The third-order valence-corrected chi connectivity index (χ3v) is 2.78. The van der Waals surface area contributed by atoms with Crippen molar-refractivity contribution >= 4 is 0 Å². The molecule has 2 rings (SSSR count). The first-order valence-corrected chi connectivity index (χ1v) is 5.17. The van der Waals surface area contributed by atoms with Crippen LogP contribution in [-0.4, -0.2) is 28.2 Å².